The second kappa shape index (κ2) is 7.96. The summed E-state index contributed by atoms with van der Waals surface area (Å²) in [6.07, 6.45) is 1.88. The summed E-state index contributed by atoms with van der Waals surface area (Å²) in [6, 6.07) is -1.20. The molecular formula is C12H23N3O4. The fourth-order valence-corrected chi connectivity index (χ4v) is 1.90. The fourth-order valence-electron chi connectivity index (χ4n) is 1.90. The Morgan fingerprint density at radius 3 is 2.79 bits per heavy atom. The van der Waals surface area contributed by atoms with Gasteiger partial charge in [-0.2, -0.15) is 0 Å². The molecule has 0 bridgehead atoms. The Labute approximate surface area is 113 Å². The molecule has 0 radical (unpaired) electrons. The van der Waals surface area contributed by atoms with Crippen LogP contribution in [0.2, 0.25) is 0 Å². The van der Waals surface area contributed by atoms with Gasteiger partial charge in [-0.25, -0.2) is 9.59 Å². The number of morpholine rings is 1. The third kappa shape index (κ3) is 5.44. The molecule has 1 unspecified atom stereocenters. The Kier molecular flexibility index (Phi) is 6.58. The van der Waals surface area contributed by atoms with E-state index in [0.29, 0.717) is 19.7 Å². The number of amides is 2. The van der Waals surface area contributed by atoms with Gasteiger partial charge in [0, 0.05) is 13.1 Å². The smallest absolute Gasteiger partial charge is 0.328 e. The van der Waals surface area contributed by atoms with Gasteiger partial charge in [0.2, 0.25) is 0 Å². The minimum Gasteiger partial charge on any atom is -0.480 e. The third-order valence-corrected chi connectivity index (χ3v) is 2.98. The zero-order chi connectivity index (χ0) is 14.3. The summed E-state index contributed by atoms with van der Waals surface area (Å²) < 4.78 is 5.09. The lowest BCUT2D eigenvalue weighted by Gasteiger charge is -2.32. The van der Waals surface area contributed by atoms with Crippen molar-refractivity contribution in [3.8, 4) is 0 Å². The quantitative estimate of drug-likeness (QED) is 0.656. The second-order valence-electron chi connectivity index (χ2n) is 4.86. The molecular weight excluding hydrogens is 250 g/mol. The van der Waals surface area contributed by atoms with Gasteiger partial charge < -0.3 is 25.0 Å². The monoisotopic (exact) mass is 273 g/mol. The first-order valence-electron chi connectivity index (χ1n) is 6.52. The van der Waals surface area contributed by atoms with Crippen molar-refractivity contribution < 1.29 is 19.4 Å². The summed E-state index contributed by atoms with van der Waals surface area (Å²) >= 11 is 0. The van der Waals surface area contributed by atoms with E-state index in [0.717, 1.165) is 19.4 Å². The Balaban J connectivity index is 2.29. The van der Waals surface area contributed by atoms with Gasteiger partial charge in [-0.3, -0.25) is 0 Å². The van der Waals surface area contributed by atoms with Gasteiger partial charge in [-0.15, -0.1) is 0 Å². The van der Waals surface area contributed by atoms with E-state index < -0.39 is 12.0 Å². The number of carbonyl (C=O) groups is 2. The van der Waals surface area contributed by atoms with Crippen LogP contribution in [0.4, 0.5) is 4.79 Å². The number of urea groups is 1. The van der Waals surface area contributed by atoms with Crippen molar-refractivity contribution >= 4 is 12.0 Å². The van der Waals surface area contributed by atoms with Crippen LogP contribution >= 0.6 is 0 Å². The van der Waals surface area contributed by atoms with Crippen molar-refractivity contribution in [2.24, 2.45) is 0 Å². The number of carboxylic acids is 1. The number of hydrogen-bond donors (Lipinski definition) is 2. The van der Waals surface area contributed by atoms with Gasteiger partial charge in [0.15, 0.2) is 6.04 Å². The Hall–Kier alpha value is -1.34. The van der Waals surface area contributed by atoms with Crippen LogP contribution in [0.5, 0.6) is 0 Å². The molecule has 0 aromatic heterocycles. The molecule has 19 heavy (non-hydrogen) atoms. The van der Waals surface area contributed by atoms with Crippen LogP contribution in [0.3, 0.4) is 0 Å². The van der Waals surface area contributed by atoms with Gasteiger partial charge >= 0.3 is 12.0 Å². The molecule has 1 fully saturated rings. The van der Waals surface area contributed by atoms with E-state index in [9.17, 15) is 9.59 Å². The maximum absolute atomic E-state index is 11.9. The highest BCUT2D eigenvalue weighted by Crippen LogP contribution is 2.07. The van der Waals surface area contributed by atoms with Crippen LogP contribution in [0.1, 0.15) is 12.8 Å². The number of aliphatic carboxylic acids is 1. The highest BCUT2D eigenvalue weighted by atomic mass is 16.5. The van der Waals surface area contributed by atoms with E-state index >= 15 is 0 Å². The molecule has 0 saturated carbocycles. The first kappa shape index (κ1) is 15.7. The molecule has 1 rings (SSSR count). The number of unbranched alkanes of at least 4 members (excludes halogenated alkanes) is 1. The molecule has 2 N–H and O–H groups in total. The van der Waals surface area contributed by atoms with Crippen molar-refractivity contribution in [2.75, 3.05) is 46.9 Å². The maximum Gasteiger partial charge on any atom is 0.328 e. The lowest BCUT2D eigenvalue weighted by Crippen LogP contribution is -2.55. The molecule has 0 aromatic carbocycles. The summed E-state index contributed by atoms with van der Waals surface area (Å²) in [5.41, 5.74) is 0. The molecule has 7 nitrogen and oxygen atoms in total. The highest BCUT2D eigenvalue weighted by molar-refractivity contribution is 5.82. The third-order valence-electron chi connectivity index (χ3n) is 2.98. The standard InChI is InChI=1S/C12H23N3O4/c1-14(2)6-4-3-5-13-12(18)15-7-8-19-9-10(15)11(16)17/h10H,3-9H2,1-2H3,(H,13,18)(H,16,17). The molecule has 1 aliphatic rings. The van der Waals surface area contributed by atoms with Gasteiger partial charge in [-0.1, -0.05) is 0 Å². The summed E-state index contributed by atoms with van der Waals surface area (Å²) in [5.74, 6) is -1.03. The average molecular weight is 273 g/mol. The van der Waals surface area contributed by atoms with Crippen molar-refractivity contribution in [3.05, 3.63) is 0 Å². The molecule has 1 atom stereocenters. The number of carboxylic acid groups (broad SMARTS) is 1. The van der Waals surface area contributed by atoms with Crippen molar-refractivity contribution in [3.63, 3.8) is 0 Å². The van der Waals surface area contributed by atoms with Crippen LogP contribution in [0, 0.1) is 0 Å². The molecule has 7 heteroatoms. The topological polar surface area (TPSA) is 82.1 Å². The number of nitrogens with one attached hydrogen (secondary N) is 1. The number of nitrogens with zero attached hydrogens (tertiary/aromatic N) is 2. The lowest BCUT2D eigenvalue weighted by atomic mass is 10.2. The maximum atomic E-state index is 11.9. The number of hydrogen-bond acceptors (Lipinski definition) is 4. The zero-order valence-electron chi connectivity index (χ0n) is 11.6. The molecule has 0 spiro atoms. The molecule has 1 aliphatic heterocycles. The number of rotatable bonds is 6. The minimum absolute atomic E-state index is 0.0589. The van der Waals surface area contributed by atoms with E-state index in [1.54, 1.807) is 0 Å². The Morgan fingerprint density at radius 2 is 2.16 bits per heavy atom. The van der Waals surface area contributed by atoms with E-state index in [-0.39, 0.29) is 12.6 Å². The SMILES string of the molecule is CN(C)CCCCNC(=O)N1CCOCC1C(=O)O. The van der Waals surface area contributed by atoms with E-state index in [2.05, 4.69) is 10.2 Å². The normalized spacial score (nSPS) is 19.5. The average Bonchev–Trinajstić information content (AvgIpc) is 2.37. The summed E-state index contributed by atoms with van der Waals surface area (Å²) in [5, 5.41) is 11.8. The molecule has 0 aliphatic carbocycles. The first-order valence-corrected chi connectivity index (χ1v) is 6.52. The Bertz CT molecular complexity index is 309. The highest BCUT2D eigenvalue weighted by Gasteiger charge is 2.32. The van der Waals surface area contributed by atoms with Crippen LogP contribution in [0.25, 0.3) is 0 Å². The van der Waals surface area contributed by atoms with Gasteiger partial charge in [-0.05, 0) is 33.5 Å². The van der Waals surface area contributed by atoms with Gasteiger partial charge in [0.05, 0.1) is 13.2 Å². The lowest BCUT2D eigenvalue weighted by molar-refractivity contribution is -0.147. The fraction of sp³-hybridized carbons (Fsp3) is 0.833. The van der Waals surface area contributed by atoms with Crippen LogP contribution in [-0.2, 0) is 9.53 Å². The molecule has 1 heterocycles. The van der Waals surface area contributed by atoms with E-state index in [4.69, 9.17) is 9.84 Å². The predicted molar refractivity (Wildman–Crippen MR) is 70.1 cm³/mol. The van der Waals surface area contributed by atoms with Gasteiger partial charge in [0.25, 0.3) is 0 Å². The Morgan fingerprint density at radius 1 is 1.42 bits per heavy atom. The van der Waals surface area contributed by atoms with Crippen molar-refractivity contribution in [1.82, 2.24) is 15.1 Å². The largest absolute Gasteiger partial charge is 0.480 e. The molecule has 110 valence electrons. The summed E-state index contributed by atoms with van der Waals surface area (Å²) in [4.78, 5) is 26.3. The van der Waals surface area contributed by atoms with Crippen LogP contribution in [-0.4, -0.2) is 79.9 Å². The second-order valence-corrected chi connectivity index (χ2v) is 4.86. The summed E-state index contributed by atoms with van der Waals surface area (Å²) in [6.45, 7) is 2.31. The van der Waals surface area contributed by atoms with Gasteiger partial charge in [0.1, 0.15) is 0 Å². The molecule has 2 amide bonds. The van der Waals surface area contributed by atoms with Crippen LogP contribution in [0.15, 0.2) is 0 Å². The number of ether oxygens (including phenoxy) is 1. The van der Waals surface area contributed by atoms with E-state index in [1.807, 2.05) is 14.1 Å². The predicted octanol–water partition coefficient (Wildman–Crippen LogP) is -0.177. The summed E-state index contributed by atoms with van der Waals surface area (Å²) in [7, 11) is 4.01. The molecule has 0 aromatic rings. The zero-order valence-corrected chi connectivity index (χ0v) is 11.6. The molecule has 1 saturated heterocycles. The van der Waals surface area contributed by atoms with Crippen molar-refractivity contribution in [2.45, 2.75) is 18.9 Å². The first-order chi connectivity index (χ1) is 9.02. The van der Waals surface area contributed by atoms with Crippen LogP contribution < -0.4 is 5.32 Å². The van der Waals surface area contributed by atoms with E-state index in [1.165, 1.54) is 4.90 Å². The number of carbonyl (C=O) groups excluding carboxylic acids is 1. The van der Waals surface area contributed by atoms with Crippen molar-refractivity contribution in [1.29, 1.82) is 0 Å². The minimum atomic E-state index is -1.03.